The fourth-order valence-electron chi connectivity index (χ4n) is 1.68. The molecule has 0 saturated carbocycles. The van der Waals surface area contributed by atoms with Gasteiger partial charge in [-0.1, -0.05) is 0 Å². The van der Waals surface area contributed by atoms with Crippen molar-refractivity contribution in [3.05, 3.63) is 18.7 Å². The standard InChI is InChI=1S/C12H20N6/c1-10(2)17(3)7-4-5-13-11-12-16-15-9-18(12)8-6-14-11/h6,8-10H,4-5,7H2,1-3H3,(H,13,14). The van der Waals surface area contributed by atoms with Crippen molar-refractivity contribution in [2.45, 2.75) is 26.3 Å². The number of rotatable bonds is 6. The molecular weight excluding hydrogens is 228 g/mol. The normalized spacial score (nSPS) is 11.6. The molecule has 1 N–H and O–H groups in total. The van der Waals surface area contributed by atoms with Gasteiger partial charge in [0.1, 0.15) is 6.33 Å². The molecule has 6 heteroatoms. The third-order valence-electron chi connectivity index (χ3n) is 3.08. The SMILES string of the molecule is CC(C)N(C)CCCNc1nccn2cnnc12. The van der Waals surface area contributed by atoms with Gasteiger partial charge in [-0.05, 0) is 33.9 Å². The average Bonchev–Trinajstić information content (AvgIpc) is 2.83. The number of nitrogens with one attached hydrogen (secondary N) is 1. The van der Waals surface area contributed by atoms with E-state index in [0.29, 0.717) is 6.04 Å². The van der Waals surface area contributed by atoms with Crippen molar-refractivity contribution in [3.63, 3.8) is 0 Å². The number of fused-ring (bicyclic) bond motifs is 1. The van der Waals surface area contributed by atoms with Crippen LogP contribution in [0, 0.1) is 0 Å². The maximum Gasteiger partial charge on any atom is 0.203 e. The zero-order valence-electron chi connectivity index (χ0n) is 11.2. The predicted octanol–water partition coefficient (Wildman–Crippen LogP) is 1.27. The highest BCUT2D eigenvalue weighted by Gasteiger charge is 2.05. The van der Waals surface area contributed by atoms with Gasteiger partial charge in [-0.25, -0.2) is 4.98 Å². The quantitative estimate of drug-likeness (QED) is 0.780. The maximum absolute atomic E-state index is 4.28. The molecule has 2 heterocycles. The van der Waals surface area contributed by atoms with E-state index in [1.54, 1.807) is 12.5 Å². The summed E-state index contributed by atoms with van der Waals surface area (Å²) in [5, 5.41) is 11.2. The Morgan fingerprint density at radius 3 is 3.06 bits per heavy atom. The number of hydrogen-bond acceptors (Lipinski definition) is 5. The van der Waals surface area contributed by atoms with Crippen molar-refractivity contribution in [2.24, 2.45) is 0 Å². The van der Waals surface area contributed by atoms with Gasteiger partial charge in [-0.3, -0.25) is 4.40 Å². The summed E-state index contributed by atoms with van der Waals surface area (Å²) < 4.78 is 1.86. The van der Waals surface area contributed by atoms with Crippen LogP contribution in [-0.4, -0.2) is 50.7 Å². The Hall–Kier alpha value is -1.69. The zero-order valence-corrected chi connectivity index (χ0v) is 11.2. The molecule has 6 nitrogen and oxygen atoms in total. The van der Waals surface area contributed by atoms with Gasteiger partial charge in [0.2, 0.25) is 5.65 Å². The summed E-state index contributed by atoms with van der Waals surface area (Å²) in [6.07, 6.45) is 6.34. The molecule has 2 aromatic heterocycles. The van der Waals surface area contributed by atoms with Crippen LogP contribution in [0.2, 0.25) is 0 Å². The molecule has 0 unspecified atom stereocenters. The second-order valence-corrected chi connectivity index (χ2v) is 4.69. The van der Waals surface area contributed by atoms with Crippen LogP contribution in [0.4, 0.5) is 5.82 Å². The number of anilines is 1. The predicted molar refractivity (Wildman–Crippen MR) is 71.7 cm³/mol. The van der Waals surface area contributed by atoms with Gasteiger partial charge in [-0.2, -0.15) is 0 Å². The van der Waals surface area contributed by atoms with Gasteiger partial charge >= 0.3 is 0 Å². The van der Waals surface area contributed by atoms with Crippen LogP contribution in [0.1, 0.15) is 20.3 Å². The first kappa shape index (κ1) is 12.8. The zero-order chi connectivity index (χ0) is 13.0. The molecule has 0 aliphatic rings. The molecular formula is C12H20N6. The molecule has 0 aromatic carbocycles. The van der Waals surface area contributed by atoms with Crippen molar-refractivity contribution in [1.82, 2.24) is 24.5 Å². The largest absolute Gasteiger partial charge is 0.367 e. The van der Waals surface area contributed by atoms with E-state index in [-0.39, 0.29) is 0 Å². The fourth-order valence-corrected chi connectivity index (χ4v) is 1.68. The van der Waals surface area contributed by atoms with Crippen LogP contribution in [0.5, 0.6) is 0 Å². The van der Waals surface area contributed by atoms with E-state index in [9.17, 15) is 0 Å². The first-order chi connectivity index (χ1) is 8.68. The highest BCUT2D eigenvalue weighted by molar-refractivity contribution is 5.61. The lowest BCUT2D eigenvalue weighted by atomic mass is 10.3. The van der Waals surface area contributed by atoms with Crippen LogP contribution in [0.15, 0.2) is 18.7 Å². The molecule has 0 atom stereocenters. The fraction of sp³-hybridized carbons (Fsp3) is 0.583. The van der Waals surface area contributed by atoms with E-state index >= 15 is 0 Å². The Bertz CT molecular complexity index is 492. The van der Waals surface area contributed by atoms with Crippen LogP contribution >= 0.6 is 0 Å². The Morgan fingerprint density at radius 2 is 2.28 bits per heavy atom. The van der Waals surface area contributed by atoms with Crippen molar-refractivity contribution < 1.29 is 0 Å². The molecule has 0 aliphatic heterocycles. The highest BCUT2D eigenvalue weighted by atomic mass is 15.2. The molecule has 0 spiro atoms. The number of nitrogens with zero attached hydrogens (tertiary/aromatic N) is 5. The summed E-state index contributed by atoms with van der Waals surface area (Å²) >= 11 is 0. The van der Waals surface area contributed by atoms with Gasteiger partial charge < -0.3 is 10.2 Å². The minimum absolute atomic E-state index is 0.586. The maximum atomic E-state index is 4.28. The summed E-state index contributed by atoms with van der Waals surface area (Å²) in [5.41, 5.74) is 0.773. The lowest BCUT2D eigenvalue weighted by Crippen LogP contribution is -2.28. The van der Waals surface area contributed by atoms with Crippen LogP contribution < -0.4 is 5.32 Å². The second-order valence-electron chi connectivity index (χ2n) is 4.69. The summed E-state index contributed by atoms with van der Waals surface area (Å²) in [7, 11) is 2.14. The van der Waals surface area contributed by atoms with Crippen molar-refractivity contribution in [2.75, 3.05) is 25.5 Å². The van der Waals surface area contributed by atoms with E-state index in [2.05, 4.69) is 46.3 Å². The van der Waals surface area contributed by atoms with Crippen molar-refractivity contribution in [1.29, 1.82) is 0 Å². The van der Waals surface area contributed by atoms with Crippen LogP contribution in [0.25, 0.3) is 5.65 Å². The smallest absolute Gasteiger partial charge is 0.203 e. The van der Waals surface area contributed by atoms with Gasteiger partial charge in [0.15, 0.2) is 5.82 Å². The van der Waals surface area contributed by atoms with E-state index in [1.807, 2.05) is 10.6 Å². The van der Waals surface area contributed by atoms with E-state index in [0.717, 1.165) is 31.0 Å². The second kappa shape index (κ2) is 5.77. The van der Waals surface area contributed by atoms with E-state index in [4.69, 9.17) is 0 Å². The molecule has 0 fully saturated rings. The molecule has 0 aliphatic carbocycles. The first-order valence-electron chi connectivity index (χ1n) is 6.27. The van der Waals surface area contributed by atoms with Crippen LogP contribution in [-0.2, 0) is 0 Å². The Labute approximate surface area is 107 Å². The molecule has 0 amide bonds. The summed E-state index contributed by atoms with van der Waals surface area (Å²) in [4.78, 5) is 6.61. The summed E-state index contributed by atoms with van der Waals surface area (Å²) in [5.74, 6) is 0.794. The average molecular weight is 248 g/mol. The number of hydrogen-bond donors (Lipinski definition) is 1. The topological polar surface area (TPSA) is 58.4 Å². The third kappa shape index (κ3) is 2.95. The first-order valence-corrected chi connectivity index (χ1v) is 6.27. The Balaban J connectivity index is 1.85. The number of aromatic nitrogens is 4. The molecule has 2 rings (SSSR count). The molecule has 98 valence electrons. The lowest BCUT2D eigenvalue weighted by Gasteiger charge is -2.20. The lowest BCUT2D eigenvalue weighted by molar-refractivity contribution is 0.273. The van der Waals surface area contributed by atoms with Gasteiger partial charge in [0.25, 0.3) is 0 Å². The molecule has 0 bridgehead atoms. The summed E-state index contributed by atoms with van der Waals surface area (Å²) in [6, 6.07) is 0.586. The van der Waals surface area contributed by atoms with Crippen LogP contribution in [0.3, 0.4) is 0 Å². The minimum Gasteiger partial charge on any atom is -0.367 e. The molecule has 18 heavy (non-hydrogen) atoms. The van der Waals surface area contributed by atoms with E-state index in [1.165, 1.54) is 0 Å². The van der Waals surface area contributed by atoms with Gasteiger partial charge in [-0.15, -0.1) is 10.2 Å². The monoisotopic (exact) mass is 248 g/mol. The Morgan fingerprint density at radius 1 is 1.44 bits per heavy atom. The summed E-state index contributed by atoms with van der Waals surface area (Å²) in [6.45, 7) is 6.36. The van der Waals surface area contributed by atoms with Crippen molar-refractivity contribution in [3.8, 4) is 0 Å². The minimum atomic E-state index is 0.586. The van der Waals surface area contributed by atoms with Crippen molar-refractivity contribution >= 4 is 11.5 Å². The molecule has 2 aromatic rings. The van der Waals surface area contributed by atoms with Gasteiger partial charge in [0.05, 0.1) is 0 Å². The highest BCUT2D eigenvalue weighted by Crippen LogP contribution is 2.09. The van der Waals surface area contributed by atoms with E-state index < -0.39 is 0 Å². The Kier molecular flexibility index (Phi) is 4.09. The third-order valence-corrected chi connectivity index (χ3v) is 3.08. The van der Waals surface area contributed by atoms with Gasteiger partial charge in [0, 0.05) is 25.0 Å². The molecule has 0 saturated heterocycles. The molecule has 0 radical (unpaired) electrons.